The number of nitrogens with zero attached hydrogens (tertiary/aromatic N) is 1. The molecule has 0 unspecified atom stereocenters. The number of carbonyl (C=O) groups excluding carboxylic acids is 1. The summed E-state index contributed by atoms with van der Waals surface area (Å²) in [6, 6.07) is 0. The molecule has 1 heterocycles. The van der Waals surface area contributed by atoms with Crippen LogP contribution < -0.4 is 0 Å². The Balaban J connectivity index is 2.44. The summed E-state index contributed by atoms with van der Waals surface area (Å²) in [6.45, 7) is 8.38. The molecule has 0 saturated carbocycles. The highest BCUT2D eigenvalue weighted by atomic mass is 16.2. The smallest absolute Gasteiger partial charge is 0.223 e. The Labute approximate surface area is 100 Å². The summed E-state index contributed by atoms with van der Waals surface area (Å²) in [5.74, 6) is 0.356. The molecule has 0 aromatic carbocycles. The summed E-state index contributed by atoms with van der Waals surface area (Å²) >= 11 is 0. The molecule has 1 aliphatic rings. The highest BCUT2D eigenvalue weighted by Crippen LogP contribution is 2.21. The summed E-state index contributed by atoms with van der Waals surface area (Å²) < 4.78 is 0. The third-order valence-electron chi connectivity index (χ3n) is 3.14. The lowest BCUT2D eigenvalue weighted by Crippen LogP contribution is -2.35. The van der Waals surface area contributed by atoms with Gasteiger partial charge in [-0.25, -0.2) is 0 Å². The number of hydrogen-bond donors (Lipinski definition) is 0. The van der Waals surface area contributed by atoms with Gasteiger partial charge in [-0.05, 0) is 18.3 Å². The van der Waals surface area contributed by atoms with Crippen molar-refractivity contribution < 1.29 is 4.79 Å². The summed E-state index contributed by atoms with van der Waals surface area (Å²) in [4.78, 5) is 14.2. The van der Waals surface area contributed by atoms with Crippen LogP contribution in [0.4, 0.5) is 0 Å². The van der Waals surface area contributed by atoms with Gasteiger partial charge >= 0.3 is 0 Å². The standard InChI is InChI=1S/C14H27NO/c1-14(2,3)12-13(16)15-10-8-6-4-5-7-9-11-15/h4-12H2,1-3H3. The first-order valence-corrected chi connectivity index (χ1v) is 6.77. The van der Waals surface area contributed by atoms with Gasteiger partial charge in [-0.1, -0.05) is 46.5 Å². The van der Waals surface area contributed by atoms with E-state index in [2.05, 4.69) is 25.7 Å². The van der Waals surface area contributed by atoms with Crippen LogP contribution in [0.5, 0.6) is 0 Å². The van der Waals surface area contributed by atoms with E-state index >= 15 is 0 Å². The fourth-order valence-electron chi connectivity index (χ4n) is 2.24. The average molecular weight is 225 g/mol. The van der Waals surface area contributed by atoms with Gasteiger partial charge in [0.25, 0.3) is 0 Å². The third-order valence-corrected chi connectivity index (χ3v) is 3.14. The normalized spacial score (nSPS) is 19.8. The monoisotopic (exact) mass is 225 g/mol. The van der Waals surface area contributed by atoms with Crippen LogP contribution in [0.15, 0.2) is 0 Å². The van der Waals surface area contributed by atoms with E-state index in [0.29, 0.717) is 12.3 Å². The second kappa shape index (κ2) is 6.27. The minimum absolute atomic E-state index is 0.121. The van der Waals surface area contributed by atoms with Gasteiger partial charge < -0.3 is 4.90 Å². The fourth-order valence-corrected chi connectivity index (χ4v) is 2.24. The first-order valence-electron chi connectivity index (χ1n) is 6.77. The molecule has 1 saturated heterocycles. The molecule has 0 aromatic rings. The zero-order chi connectivity index (χ0) is 12.0. The Morgan fingerprint density at radius 1 is 0.938 bits per heavy atom. The predicted octanol–water partition coefficient (Wildman–Crippen LogP) is 3.61. The van der Waals surface area contributed by atoms with E-state index in [-0.39, 0.29) is 5.41 Å². The molecule has 2 nitrogen and oxygen atoms in total. The molecule has 1 amide bonds. The quantitative estimate of drug-likeness (QED) is 0.667. The Kier molecular flexibility index (Phi) is 5.30. The maximum Gasteiger partial charge on any atom is 0.223 e. The fraction of sp³-hybridized carbons (Fsp3) is 0.929. The molecule has 94 valence electrons. The molecular weight excluding hydrogens is 198 g/mol. The molecule has 0 N–H and O–H groups in total. The summed E-state index contributed by atoms with van der Waals surface area (Å²) in [7, 11) is 0. The van der Waals surface area contributed by atoms with Crippen molar-refractivity contribution >= 4 is 5.91 Å². The molecule has 2 heteroatoms. The van der Waals surface area contributed by atoms with Crippen LogP contribution >= 0.6 is 0 Å². The van der Waals surface area contributed by atoms with E-state index in [1.54, 1.807) is 0 Å². The van der Waals surface area contributed by atoms with E-state index in [9.17, 15) is 4.79 Å². The molecule has 1 rings (SSSR count). The molecule has 16 heavy (non-hydrogen) atoms. The van der Waals surface area contributed by atoms with Crippen LogP contribution in [0.3, 0.4) is 0 Å². The molecule has 0 atom stereocenters. The van der Waals surface area contributed by atoms with Crippen molar-refractivity contribution in [2.24, 2.45) is 5.41 Å². The number of hydrogen-bond acceptors (Lipinski definition) is 1. The predicted molar refractivity (Wildman–Crippen MR) is 68.4 cm³/mol. The molecule has 0 spiro atoms. The second-order valence-electron chi connectivity index (χ2n) is 6.24. The van der Waals surface area contributed by atoms with Crippen LogP contribution in [0, 0.1) is 5.41 Å². The van der Waals surface area contributed by atoms with Crippen molar-refractivity contribution in [2.75, 3.05) is 13.1 Å². The molecule has 1 fully saturated rings. The van der Waals surface area contributed by atoms with Gasteiger partial charge in [0.2, 0.25) is 5.91 Å². The maximum absolute atomic E-state index is 12.1. The van der Waals surface area contributed by atoms with Gasteiger partial charge in [-0.15, -0.1) is 0 Å². The largest absolute Gasteiger partial charge is 0.343 e. The van der Waals surface area contributed by atoms with Gasteiger partial charge in [0.15, 0.2) is 0 Å². The van der Waals surface area contributed by atoms with E-state index < -0.39 is 0 Å². The average Bonchev–Trinajstić information content (AvgIpc) is 2.27. The Morgan fingerprint density at radius 2 is 1.38 bits per heavy atom. The topological polar surface area (TPSA) is 20.3 Å². The molecule has 1 aliphatic heterocycles. The van der Waals surface area contributed by atoms with Crippen molar-refractivity contribution in [3.05, 3.63) is 0 Å². The summed E-state index contributed by atoms with van der Waals surface area (Å²) in [6.07, 6.45) is 8.35. The zero-order valence-electron chi connectivity index (χ0n) is 11.2. The second-order valence-corrected chi connectivity index (χ2v) is 6.24. The molecule has 0 aromatic heterocycles. The maximum atomic E-state index is 12.1. The number of amides is 1. The Bertz CT molecular complexity index is 207. The van der Waals surface area contributed by atoms with Crippen LogP contribution in [-0.4, -0.2) is 23.9 Å². The lowest BCUT2D eigenvalue weighted by molar-refractivity contribution is -0.133. The van der Waals surface area contributed by atoms with Crippen molar-refractivity contribution in [1.82, 2.24) is 4.90 Å². The number of rotatable bonds is 1. The lowest BCUT2D eigenvalue weighted by Gasteiger charge is -2.26. The van der Waals surface area contributed by atoms with E-state index in [1.165, 1.54) is 38.5 Å². The van der Waals surface area contributed by atoms with Gasteiger partial charge in [-0.2, -0.15) is 0 Å². The summed E-state index contributed by atoms with van der Waals surface area (Å²) in [5.41, 5.74) is 0.121. The van der Waals surface area contributed by atoms with Gasteiger partial charge in [0, 0.05) is 19.5 Å². The molecule has 0 aliphatic carbocycles. The molecule has 0 bridgehead atoms. The van der Waals surface area contributed by atoms with E-state index in [0.717, 1.165) is 13.1 Å². The van der Waals surface area contributed by atoms with Gasteiger partial charge in [0.05, 0.1) is 0 Å². The van der Waals surface area contributed by atoms with E-state index in [4.69, 9.17) is 0 Å². The first-order chi connectivity index (χ1) is 7.49. The van der Waals surface area contributed by atoms with Gasteiger partial charge in [0.1, 0.15) is 0 Å². The van der Waals surface area contributed by atoms with Crippen LogP contribution in [0.25, 0.3) is 0 Å². The minimum atomic E-state index is 0.121. The van der Waals surface area contributed by atoms with Crippen molar-refractivity contribution in [3.8, 4) is 0 Å². The molecule has 0 radical (unpaired) electrons. The highest BCUT2D eigenvalue weighted by Gasteiger charge is 2.20. The first kappa shape index (κ1) is 13.5. The Morgan fingerprint density at radius 3 is 1.81 bits per heavy atom. The SMILES string of the molecule is CC(C)(C)CC(=O)N1CCCCCCCC1. The number of carbonyl (C=O) groups is 1. The lowest BCUT2D eigenvalue weighted by atomic mass is 9.91. The zero-order valence-corrected chi connectivity index (χ0v) is 11.2. The molecular formula is C14H27NO. The third kappa shape index (κ3) is 5.53. The Hall–Kier alpha value is -0.530. The summed E-state index contributed by atoms with van der Waals surface area (Å²) in [5, 5.41) is 0. The van der Waals surface area contributed by atoms with Crippen LogP contribution in [0.2, 0.25) is 0 Å². The van der Waals surface area contributed by atoms with Crippen molar-refractivity contribution in [3.63, 3.8) is 0 Å². The van der Waals surface area contributed by atoms with Crippen molar-refractivity contribution in [2.45, 2.75) is 65.7 Å². The van der Waals surface area contributed by atoms with Crippen molar-refractivity contribution in [1.29, 1.82) is 0 Å². The highest BCUT2D eigenvalue weighted by molar-refractivity contribution is 5.76. The minimum Gasteiger partial charge on any atom is -0.343 e. The van der Waals surface area contributed by atoms with Gasteiger partial charge in [-0.3, -0.25) is 4.79 Å². The van der Waals surface area contributed by atoms with E-state index in [1.807, 2.05) is 0 Å². The van der Waals surface area contributed by atoms with Crippen LogP contribution in [-0.2, 0) is 4.79 Å². The van der Waals surface area contributed by atoms with Crippen LogP contribution in [0.1, 0.15) is 65.7 Å².